The maximum atomic E-state index is 12.6. The smallest absolute Gasteiger partial charge is 0.292 e. The van der Waals surface area contributed by atoms with E-state index in [2.05, 4.69) is 5.10 Å². The zero-order valence-electron chi connectivity index (χ0n) is 14.4. The Balaban J connectivity index is 1.51. The molecule has 0 spiro atoms. The van der Waals surface area contributed by atoms with Crippen LogP contribution in [-0.4, -0.2) is 46.8 Å². The van der Waals surface area contributed by atoms with Crippen LogP contribution in [0.1, 0.15) is 10.4 Å². The molecule has 1 fully saturated rings. The quantitative estimate of drug-likeness (QED) is 0.693. The van der Waals surface area contributed by atoms with Gasteiger partial charge in [-0.3, -0.25) is 9.59 Å². The fraction of sp³-hybridized carbons (Fsp3) is 0.211. The number of carbonyl (C=O) groups is 1. The van der Waals surface area contributed by atoms with E-state index in [0.29, 0.717) is 43.1 Å². The lowest BCUT2D eigenvalue weighted by Gasteiger charge is -2.36. The molecule has 0 N–H and O–H groups in total. The van der Waals surface area contributed by atoms with Crippen molar-refractivity contribution in [2.45, 2.75) is 0 Å². The molecule has 1 aliphatic rings. The van der Waals surface area contributed by atoms with Crippen LogP contribution in [0.5, 0.6) is 0 Å². The Hall–Kier alpha value is -3.06. The Kier molecular flexibility index (Phi) is 4.68. The van der Waals surface area contributed by atoms with Crippen molar-refractivity contribution < 1.29 is 9.21 Å². The number of furan rings is 1. The van der Waals surface area contributed by atoms with Crippen molar-refractivity contribution in [1.82, 2.24) is 14.7 Å². The Morgan fingerprint density at radius 3 is 2.48 bits per heavy atom. The summed E-state index contributed by atoms with van der Waals surface area (Å²) in [5.41, 5.74) is 1.42. The van der Waals surface area contributed by atoms with E-state index in [4.69, 9.17) is 16.0 Å². The van der Waals surface area contributed by atoms with E-state index in [-0.39, 0.29) is 16.5 Å². The maximum Gasteiger partial charge on any atom is 0.292 e. The van der Waals surface area contributed by atoms with Crippen LogP contribution < -0.4 is 10.5 Å². The zero-order chi connectivity index (χ0) is 18.8. The zero-order valence-corrected chi connectivity index (χ0v) is 15.2. The van der Waals surface area contributed by atoms with Crippen LogP contribution in [0.2, 0.25) is 5.02 Å². The molecule has 0 saturated carbocycles. The number of carbonyl (C=O) groups excluding carboxylic acids is 1. The number of nitrogens with zero attached hydrogens (tertiary/aromatic N) is 4. The first kappa shape index (κ1) is 17.4. The van der Waals surface area contributed by atoms with E-state index in [1.54, 1.807) is 29.3 Å². The van der Waals surface area contributed by atoms with Gasteiger partial charge in [0, 0.05) is 26.2 Å². The highest BCUT2D eigenvalue weighted by atomic mass is 35.5. The predicted octanol–water partition coefficient (Wildman–Crippen LogP) is 2.44. The van der Waals surface area contributed by atoms with Gasteiger partial charge in [0.05, 0.1) is 29.4 Å². The summed E-state index contributed by atoms with van der Waals surface area (Å²) in [6.45, 7) is 2.20. The van der Waals surface area contributed by atoms with Crippen LogP contribution >= 0.6 is 11.6 Å². The first-order valence-electron chi connectivity index (χ1n) is 8.55. The molecule has 3 aromatic rings. The standard InChI is InChI=1S/C19H17ClN4O3/c20-17-16(12-21-24(19(17)26)15-4-2-1-3-5-15)22-7-9-23(10-8-22)18(25)14-6-11-27-13-14/h1-6,11-13H,7-10H2. The predicted molar refractivity (Wildman–Crippen MR) is 102 cm³/mol. The first-order valence-corrected chi connectivity index (χ1v) is 8.92. The number of aromatic nitrogens is 2. The summed E-state index contributed by atoms with van der Waals surface area (Å²) in [5.74, 6) is -0.0629. The molecule has 27 heavy (non-hydrogen) atoms. The Bertz CT molecular complexity index is 994. The highest BCUT2D eigenvalue weighted by molar-refractivity contribution is 6.33. The number of rotatable bonds is 3. The molecular weight excluding hydrogens is 368 g/mol. The molecule has 1 aromatic carbocycles. The van der Waals surface area contributed by atoms with E-state index in [9.17, 15) is 9.59 Å². The number of amides is 1. The average Bonchev–Trinajstić information content (AvgIpc) is 3.25. The van der Waals surface area contributed by atoms with Gasteiger partial charge < -0.3 is 14.2 Å². The van der Waals surface area contributed by atoms with E-state index in [1.165, 1.54) is 17.2 Å². The normalized spacial score (nSPS) is 14.4. The van der Waals surface area contributed by atoms with Crippen molar-refractivity contribution in [3.63, 3.8) is 0 Å². The maximum absolute atomic E-state index is 12.6. The van der Waals surface area contributed by atoms with Crippen molar-refractivity contribution in [3.05, 3.63) is 76.1 Å². The molecule has 2 aromatic heterocycles. The fourth-order valence-corrected chi connectivity index (χ4v) is 3.37. The molecule has 138 valence electrons. The number of hydrogen-bond acceptors (Lipinski definition) is 5. The molecule has 8 heteroatoms. The van der Waals surface area contributed by atoms with E-state index in [0.717, 1.165) is 0 Å². The topological polar surface area (TPSA) is 71.6 Å². The molecule has 7 nitrogen and oxygen atoms in total. The fourth-order valence-electron chi connectivity index (χ4n) is 3.12. The van der Waals surface area contributed by atoms with Gasteiger partial charge in [0.25, 0.3) is 11.5 Å². The molecule has 1 saturated heterocycles. The van der Waals surface area contributed by atoms with Gasteiger partial charge in [-0.15, -0.1) is 0 Å². The van der Waals surface area contributed by atoms with Crippen molar-refractivity contribution >= 4 is 23.2 Å². The largest absolute Gasteiger partial charge is 0.472 e. The van der Waals surface area contributed by atoms with Gasteiger partial charge in [0.2, 0.25) is 0 Å². The number of para-hydroxylation sites is 1. The number of benzene rings is 1. The summed E-state index contributed by atoms with van der Waals surface area (Å²) in [6, 6.07) is 10.8. The van der Waals surface area contributed by atoms with Crippen LogP contribution in [-0.2, 0) is 0 Å². The molecule has 1 aliphatic heterocycles. The molecule has 4 rings (SSSR count). The Morgan fingerprint density at radius 1 is 1.07 bits per heavy atom. The van der Waals surface area contributed by atoms with Gasteiger partial charge in [-0.1, -0.05) is 29.8 Å². The summed E-state index contributed by atoms with van der Waals surface area (Å²) >= 11 is 6.35. The lowest BCUT2D eigenvalue weighted by molar-refractivity contribution is 0.0746. The van der Waals surface area contributed by atoms with Crippen LogP contribution in [0.25, 0.3) is 5.69 Å². The second kappa shape index (κ2) is 7.28. The lowest BCUT2D eigenvalue weighted by Crippen LogP contribution is -2.49. The highest BCUT2D eigenvalue weighted by Gasteiger charge is 2.25. The van der Waals surface area contributed by atoms with Gasteiger partial charge in [0.15, 0.2) is 0 Å². The third kappa shape index (κ3) is 3.33. The molecule has 0 radical (unpaired) electrons. The van der Waals surface area contributed by atoms with Gasteiger partial charge in [-0.25, -0.2) is 0 Å². The van der Waals surface area contributed by atoms with E-state index >= 15 is 0 Å². The van der Waals surface area contributed by atoms with Crippen molar-refractivity contribution in [2.75, 3.05) is 31.1 Å². The number of halogens is 1. The van der Waals surface area contributed by atoms with Crippen LogP contribution in [0, 0.1) is 0 Å². The van der Waals surface area contributed by atoms with E-state index < -0.39 is 0 Å². The van der Waals surface area contributed by atoms with Gasteiger partial charge in [-0.05, 0) is 18.2 Å². The SMILES string of the molecule is O=C(c1ccoc1)N1CCN(c2cnn(-c3ccccc3)c(=O)c2Cl)CC1. The van der Waals surface area contributed by atoms with Gasteiger partial charge in [0.1, 0.15) is 11.3 Å². The lowest BCUT2D eigenvalue weighted by atomic mass is 10.2. The monoisotopic (exact) mass is 384 g/mol. The van der Waals surface area contributed by atoms with Crippen molar-refractivity contribution in [2.24, 2.45) is 0 Å². The summed E-state index contributed by atoms with van der Waals surface area (Å²) < 4.78 is 6.26. The minimum atomic E-state index is -0.364. The third-order valence-electron chi connectivity index (χ3n) is 4.58. The molecule has 1 amide bonds. The molecule has 0 atom stereocenters. The first-order chi connectivity index (χ1) is 13.1. The van der Waals surface area contributed by atoms with Crippen LogP contribution in [0.15, 0.2) is 64.3 Å². The summed E-state index contributed by atoms with van der Waals surface area (Å²) in [6.07, 6.45) is 4.53. The summed E-state index contributed by atoms with van der Waals surface area (Å²) in [7, 11) is 0. The molecular formula is C19H17ClN4O3. The molecule has 0 bridgehead atoms. The van der Waals surface area contributed by atoms with Crippen LogP contribution in [0.4, 0.5) is 5.69 Å². The number of piperazine rings is 1. The Morgan fingerprint density at radius 2 is 1.81 bits per heavy atom. The van der Waals surface area contributed by atoms with Gasteiger partial charge >= 0.3 is 0 Å². The summed E-state index contributed by atoms with van der Waals surface area (Å²) in [5, 5.41) is 4.39. The van der Waals surface area contributed by atoms with Gasteiger partial charge in [-0.2, -0.15) is 9.78 Å². The number of hydrogen-bond donors (Lipinski definition) is 0. The van der Waals surface area contributed by atoms with E-state index in [1.807, 2.05) is 23.1 Å². The highest BCUT2D eigenvalue weighted by Crippen LogP contribution is 2.23. The van der Waals surface area contributed by atoms with Crippen LogP contribution in [0.3, 0.4) is 0 Å². The van der Waals surface area contributed by atoms with Crippen molar-refractivity contribution in [1.29, 1.82) is 0 Å². The summed E-state index contributed by atoms with van der Waals surface area (Å²) in [4.78, 5) is 28.7. The minimum Gasteiger partial charge on any atom is -0.472 e. The average molecular weight is 385 g/mol. The van der Waals surface area contributed by atoms with Crippen molar-refractivity contribution in [3.8, 4) is 5.69 Å². The molecule has 3 heterocycles. The molecule has 0 aliphatic carbocycles. The number of anilines is 1. The Labute approximate surface area is 160 Å². The second-order valence-electron chi connectivity index (χ2n) is 6.19. The molecule has 0 unspecified atom stereocenters. The second-order valence-corrected chi connectivity index (χ2v) is 6.57. The minimum absolute atomic E-state index is 0.0629. The third-order valence-corrected chi connectivity index (χ3v) is 4.93.